The molecule has 0 saturated carbocycles. The summed E-state index contributed by atoms with van der Waals surface area (Å²) in [6.07, 6.45) is 3.44. The number of nitrogens with zero attached hydrogens (tertiary/aromatic N) is 1. The van der Waals surface area contributed by atoms with Gasteiger partial charge in [-0.2, -0.15) is 0 Å². The van der Waals surface area contributed by atoms with Crippen LogP contribution < -0.4 is 10.2 Å². The minimum absolute atomic E-state index is 0.0876. The van der Waals surface area contributed by atoms with E-state index < -0.39 is 0 Å². The molecule has 1 N–H and O–H groups in total. The van der Waals surface area contributed by atoms with Gasteiger partial charge in [-0.25, -0.2) is 4.39 Å². The number of para-hydroxylation sites is 1. The Bertz CT molecular complexity index is 470. The molecule has 1 atom stereocenters. The molecule has 1 aliphatic heterocycles. The van der Waals surface area contributed by atoms with Crippen molar-refractivity contribution >= 4 is 5.69 Å². The maximum atomic E-state index is 14.5. The molecule has 1 fully saturated rings. The number of anilines is 1. The molecule has 1 aromatic rings. The molecule has 0 spiro atoms. The fourth-order valence-electron chi connectivity index (χ4n) is 3.30. The fourth-order valence-corrected chi connectivity index (χ4v) is 3.30. The van der Waals surface area contributed by atoms with E-state index in [0.29, 0.717) is 0 Å². The number of hydrogen-bond donors (Lipinski definition) is 1. The van der Waals surface area contributed by atoms with Crippen LogP contribution in [0.2, 0.25) is 0 Å². The summed E-state index contributed by atoms with van der Waals surface area (Å²) in [7, 11) is 0. The van der Waals surface area contributed by atoms with Gasteiger partial charge in [-0.3, -0.25) is 0 Å². The van der Waals surface area contributed by atoms with Gasteiger partial charge in [0.25, 0.3) is 0 Å². The van der Waals surface area contributed by atoms with Crippen molar-refractivity contribution in [1.29, 1.82) is 0 Å². The maximum Gasteiger partial charge on any atom is 0.146 e. The average molecular weight is 292 g/mol. The molecular formula is C18H29FN2. The first kappa shape index (κ1) is 16.3. The van der Waals surface area contributed by atoms with Crippen LogP contribution in [0.4, 0.5) is 10.1 Å². The normalized spacial score (nSPS) is 19.6. The van der Waals surface area contributed by atoms with Gasteiger partial charge >= 0.3 is 0 Å². The lowest BCUT2D eigenvalue weighted by molar-refractivity contribution is 0.291. The zero-order chi connectivity index (χ0) is 15.5. The highest BCUT2D eigenvalue weighted by Gasteiger charge is 2.29. The van der Waals surface area contributed by atoms with E-state index in [9.17, 15) is 4.39 Å². The van der Waals surface area contributed by atoms with Gasteiger partial charge in [0, 0.05) is 19.1 Å². The van der Waals surface area contributed by atoms with E-state index in [0.717, 1.165) is 43.7 Å². The van der Waals surface area contributed by atoms with Crippen LogP contribution in [0.25, 0.3) is 0 Å². The van der Waals surface area contributed by atoms with Crippen molar-refractivity contribution < 1.29 is 4.39 Å². The monoisotopic (exact) mass is 292 g/mol. The summed E-state index contributed by atoms with van der Waals surface area (Å²) < 4.78 is 14.5. The average Bonchev–Trinajstić information content (AvgIpc) is 2.43. The van der Waals surface area contributed by atoms with Crippen LogP contribution in [-0.2, 0) is 0 Å². The molecule has 118 valence electrons. The molecule has 3 heteroatoms. The van der Waals surface area contributed by atoms with E-state index in [-0.39, 0.29) is 17.3 Å². The molecule has 0 aliphatic carbocycles. The summed E-state index contributed by atoms with van der Waals surface area (Å²) in [6.45, 7) is 11.7. The second-order valence-electron chi connectivity index (χ2n) is 7.04. The first-order valence-electron chi connectivity index (χ1n) is 8.21. The molecule has 2 nitrogen and oxygen atoms in total. The van der Waals surface area contributed by atoms with Gasteiger partial charge in [0.15, 0.2) is 0 Å². The number of benzene rings is 1. The van der Waals surface area contributed by atoms with E-state index >= 15 is 0 Å². The second kappa shape index (κ2) is 6.78. The molecule has 0 amide bonds. The lowest BCUT2D eigenvalue weighted by Crippen LogP contribution is -2.41. The van der Waals surface area contributed by atoms with Crippen LogP contribution in [0.5, 0.6) is 0 Å². The Morgan fingerprint density at radius 2 is 2.14 bits per heavy atom. The first-order valence-corrected chi connectivity index (χ1v) is 8.21. The smallest absolute Gasteiger partial charge is 0.146 e. The Morgan fingerprint density at radius 3 is 2.81 bits per heavy atom. The van der Waals surface area contributed by atoms with Crippen molar-refractivity contribution in [3.8, 4) is 0 Å². The van der Waals surface area contributed by atoms with Gasteiger partial charge in [0.05, 0.1) is 5.69 Å². The quantitative estimate of drug-likeness (QED) is 0.859. The van der Waals surface area contributed by atoms with E-state index in [2.05, 4.69) is 44.0 Å². The van der Waals surface area contributed by atoms with Gasteiger partial charge < -0.3 is 10.2 Å². The summed E-state index contributed by atoms with van der Waals surface area (Å²) in [5.41, 5.74) is 2.15. The van der Waals surface area contributed by atoms with E-state index in [1.165, 1.54) is 6.42 Å². The Hall–Kier alpha value is -1.09. The summed E-state index contributed by atoms with van der Waals surface area (Å²) in [5, 5.41) is 3.48. The standard InChI is InChI=1S/C18H29FN2/c1-5-11-20-14(2)15-8-6-9-16(19)17(15)21-12-7-10-18(3,4)13-21/h6,8-9,14,20H,5,7,10-13H2,1-4H3. The predicted octanol–water partition coefficient (Wildman–Crippen LogP) is 4.51. The van der Waals surface area contributed by atoms with Gasteiger partial charge in [-0.1, -0.05) is 32.9 Å². The van der Waals surface area contributed by atoms with Crippen molar-refractivity contribution in [2.24, 2.45) is 5.41 Å². The summed E-state index contributed by atoms with van der Waals surface area (Å²) in [5.74, 6) is -0.0876. The van der Waals surface area contributed by atoms with Crippen LogP contribution in [-0.4, -0.2) is 19.6 Å². The number of piperidine rings is 1. The van der Waals surface area contributed by atoms with Crippen molar-refractivity contribution in [1.82, 2.24) is 5.32 Å². The molecule has 1 heterocycles. The van der Waals surface area contributed by atoms with Crippen LogP contribution in [0.1, 0.15) is 58.6 Å². The second-order valence-corrected chi connectivity index (χ2v) is 7.04. The van der Waals surface area contributed by atoms with E-state index in [1.54, 1.807) is 6.07 Å². The molecular weight excluding hydrogens is 263 g/mol. The summed E-state index contributed by atoms with van der Waals surface area (Å²) in [6, 6.07) is 5.66. The molecule has 0 aromatic heterocycles. The van der Waals surface area contributed by atoms with Gasteiger partial charge in [-0.05, 0) is 49.8 Å². The van der Waals surface area contributed by atoms with Crippen molar-refractivity contribution in [2.75, 3.05) is 24.5 Å². The Balaban J connectivity index is 2.29. The van der Waals surface area contributed by atoms with Crippen molar-refractivity contribution in [2.45, 2.75) is 53.0 Å². The Labute approximate surface area is 128 Å². The topological polar surface area (TPSA) is 15.3 Å². The lowest BCUT2D eigenvalue weighted by atomic mass is 9.83. The van der Waals surface area contributed by atoms with Crippen molar-refractivity contribution in [3.63, 3.8) is 0 Å². The largest absolute Gasteiger partial charge is 0.368 e. The highest BCUT2D eigenvalue weighted by molar-refractivity contribution is 5.56. The summed E-state index contributed by atoms with van der Waals surface area (Å²) in [4.78, 5) is 2.25. The lowest BCUT2D eigenvalue weighted by Gasteiger charge is -2.40. The third-order valence-electron chi connectivity index (χ3n) is 4.40. The number of hydrogen-bond acceptors (Lipinski definition) is 2. The van der Waals surface area contributed by atoms with E-state index in [1.807, 2.05) is 6.07 Å². The number of nitrogens with one attached hydrogen (secondary N) is 1. The highest BCUT2D eigenvalue weighted by Crippen LogP contribution is 2.36. The van der Waals surface area contributed by atoms with Crippen molar-refractivity contribution in [3.05, 3.63) is 29.6 Å². The minimum atomic E-state index is -0.0876. The highest BCUT2D eigenvalue weighted by atomic mass is 19.1. The molecule has 1 unspecified atom stereocenters. The fraction of sp³-hybridized carbons (Fsp3) is 0.667. The number of halogens is 1. The van der Waals surface area contributed by atoms with Crippen LogP contribution in [0, 0.1) is 11.2 Å². The minimum Gasteiger partial charge on any atom is -0.368 e. The molecule has 2 rings (SSSR count). The Kier molecular flexibility index (Phi) is 5.26. The van der Waals surface area contributed by atoms with Crippen LogP contribution >= 0.6 is 0 Å². The van der Waals surface area contributed by atoms with E-state index in [4.69, 9.17) is 0 Å². The molecule has 1 saturated heterocycles. The molecule has 0 radical (unpaired) electrons. The molecule has 1 aromatic carbocycles. The first-order chi connectivity index (χ1) is 9.94. The molecule has 21 heavy (non-hydrogen) atoms. The van der Waals surface area contributed by atoms with Gasteiger partial charge in [0.2, 0.25) is 0 Å². The SMILES string of the molecule is CCCNC(C)c1cccc(F)c1N1CCCC(C)(C)C1. The van der Waals surface area contributed by atoms with Gasteiger partial charge in [-0.15, -0.1) is 0 Å². The van der Waals surface area contributed by atoms with Crippen LogP contribution in [0.15, 0.2) is 18.2 Å². The molecule has 0 bridgehead atoms. The molecule has 1 aliphatic rings. The predicted molar refractivity (Wildman–Crippen MR) is 88.3 cm³/mol. The number of rotatable bonds is 5. The van der Waals surface area contributed by atoms with Gasteiger partial charge in [0.1, 0.15) is 5.82 Å². The summed E-state index contributed by atoms with van der Waals surface area (Å²) >= 11 is 0. The third-order valence-corrected chi connectivity index (χ3v) is 4.40. The zero-order valence-electron chi connectivity index (χ0n) is 13.9. The Morgan fingerprint density at radius 1 is 1.38 bits per heavy atom. The van der Waals surface area contributed by atoms with Crippen LogP contribution in [0.3, 0.4) is 0 Å². The zero-order valence-corrected chi connectivity index (χ0v) is 13.9. The maximum absolute atomic E-state index is 14.5. The third kappa shape index (κ3) is 3.97.